The second-order valence-electron chi connectivity index (χ2n) is 6.09. The van der Waals surface area contributed by atoms with E-state index in [1.54, 1.807) is 30.0 Å². The summed E-state index contributed by atoms with van der Waals surface area (Å²) in [6.07, 6.45) is -0.878. The fraction of sp³-hybridized carbons (Fsp3) is 0.333. The van der Waals surface area contributed by atoms with Crippen LogP contribution in [-0.2, 0) is 27.8 Å². The molecule has 3 aromatic rings. The van der Waals surface area contributed by atoms with E-state index < -0.39 is 12.1 Å². The molecule has 0 saturated carbocycles. The minimum Gasteiger partial charge on any atom is -0.452 e. The zero-order chi connectivity index (χ0) is 19.6. The number of ether oxygens (including phenoxy) is 1. The molecule has 0 bridgehead atoms. The second kappa shape index (κ2) is 8.01. The predicted molar refractivity (Wildman–Crippen MR) is 106 cm³/mol. The molecule has 3 rings (SSSR count). The summed E-state index contributed by atoms with van der Waals surface area (Å²) in [5.41, 5.74) is 2.83. The zero-order valence-corrected chi connectivity index (χ0v) is 17.1. The Bertz CT molecular complexity index is 960. The molecule has 0 fully saturated rings. The van der Waals surface area contributed by atoms with Gasteiger partial charge in [0.1, 0.15) is 5.01 Å². The van der Waals surface area contributed by atoms with Crippen LogP contribution in [0.4, 0.5) is 5.69 Å². The average Bonchev–Trinajstić information content (AvgIpc) is 3.33. The van der Waals surface area contributed by atoms with Gasteiger partial charge in [0.15, 0.2) is 6.10 Å². The molecule has 1 atom stereocenters. The highest BCUT2D eigenvalue weighted by molar-refractivity contribution is 7.20. The van der Waals surface area contributed by atoms with Crippen molar-refractivity contribution >= 4 is 40.2 Å². The van der Waals surface area contributed by atoms with Crippen molar-refractivity contribution in [1.29, 1.82) is 0 Å². The number of esters is 1. The SMILES string of the molecule is Cc1nn(C)c(C)c1NC(=O)C(C)OC(=O)Cc1csc(-c2cccs2)n1. The summed E-state index contributed by atoms with van der Waals surface area (Å²) in [6, 6.07) is 3.95. The Hall–Kier alpha value is -2.52. The summed E-state index contributed by atoms with van der Waals surface area (Å²) in [4.78, 5) is 30.0. The van der Waals surface area contributed by atoms with Crippen LogP contribution >= 0.6 is 22.7 Å². The van der Waals surface area contributed by atoms with Gasteiger partial charge in [-0.2, -0.15) is 5.10 Å². The van der Waals surface area contributed by atoms with Crippen LogP contribution in [0.1, 0.15) is 24.0 Å². The summed E-state index contributed by atoms with van der Waals surface area (Å²) in [5.74, 6) is -0.875. The Balaban J connectivity index is 1.56. The number of thiophene rings is 1. The topological polar surface area (TPSA) is 86.1 Å². The highest BCUT2D eigenvalue weighted by Crippen LogP contribution is 2.28. The predicted octanol–water partition coefficient (Wildman–Crippen LogP) is 3.33. The molecular formula is C18H20N4O3S2. The van der Waals surface area contributed by atoms with Gasteiger partial charge in [0, 0.05) is 12.4 Å². The van der Waals surface area contributed by atoms with E-state index in [2.05, 4.69) is 15.4 Å². The van der Waals surface area contributed by atoms with Gasteiger partial charge in [-0.05, 0) is 32.2 Å². The molecule has 0 spiro atoms. The lowest BCUT2D eigenvalue weighted by Crippen LogP contribution is -2.30. The number of nitrogens with one attached hydrogen (secondary N) is 1. The molecule has 0 aliphatic heterocycles. The Kier molecular flexibility index (Phi) is 5.71. The van der Waals surface area contributed by atoms with Gasteiger partial charge in [-0.1, -0.05) is 6.07 Å². The first kappa shape index (κ1) is 19.2. The van der Waals surface area contributed by atoms with Crippen LogP contribution in [-0.4, -0.2) is 32.7 Å². The lowest BCUT2D eigenvalue weighted by atomic mass is 10.3. The number of hydrogen-bond donors (Lipinski definition) is 1. The fourth-order valence-electron chi connectivity index (χ4n) is 2.52. The van der Waals surface area contributed by atoms with Gasteiger partial charge in [-0.25, -0.2) is 4.98 Å². The highest BCUT2D eigenvalue weighted by atomic mass is 32.1. The van der Waals surface area contributed by atoms with E-state index in [0.717, 1.165) is 15.6 Å². The molecule has 0 aliphatic carbocycles. The lowest BCUT2D eigenvalue weighted by molar-refractivity contribution is -0.152. The van der Waals surface area contributed by atoms with Crippen molar-refractivity contribution < 1.29 is 14.3 Å². The standard InChI is InChI=1S/C18H20N4O3S2/c1-10-16(11(2)22(4)21-10)20-17(24)12(3)25-15(23)8-13-9-27-18(19-13)14-6-5-7-26-14/h5-7,9,12H,8H2,1-4H3,(H,20,24). The number of aryl methyl sites for hydroxylation is 2. The van der Waals surface area contributed by atoms with Crippen molar-refractivity contribution in [2.45, 2.75) is 33.3 Å². The summed E-state index contributed by atoms with van der Waals surface area (Å²) >= 11 is 3.08. The third-order valence-electron chi connectivity index (χ3n) is 4.04. The Morgan fingerprint density at radius 1 is 1.33 bits per heavy atom. The quantitative estimate of drug-likeness (QED) is 0.637. The number of amides is 1. The molecule has 1 N–H and O–H groups in total. The number of carbonyl (C=O) groups is 2. The van der Waals surface area contributed by atoms with Crippen molar-refractivity contribution in [2.24, 2.45) is 7.05 Å². The molecule has 9 heteroatoms. The van der Waals surface area contributed by atoms with Gasteiger partial charge in [0.25, 0.3) is 5.91 Å². The highest BCUT2D eigenvalue weighted by Gasteiger charge is 2.21. The van der Waals surface area contributed by atoms with Crippen LogP contribution in [0.3, 0.4) is 0 Å². The maximum absolute atomic E-state index is 12.3. The molecule has 1 unspecified atom stereocenters. The van der Waals surface area contributed by atoms with E-state index in [1.807, 2.05) is 36.7 Å². The van der Waals surface area contributed by atoms with E-state index in [1.165, 1.54) is 11.3 Å². The Labute approximate surface area is 165 Å². The number of thiazole rings is 1. The Morgan fingerprint density at radius 3 is 2.74 bits per heavy atom. The number of hydrogen-bond acceptors (Lipinski definition) is 7. The molecule has 3 aromatic heterocycles. The normalized spacial score (nSPS) is 12.0. The van der Waals surface area contributed by atoms with Crippen molar-refractivity contribution in [1.82, 2.24) is 14.8 Å². The molecule has 0 aromatic carbocycles. The number of anilines is 1. The molecule has 7 nitrogen and oxygen atoms in total. The minimum atomic E-state index is -0.910. The van der Waals surface area contributed by atoms with Crippen molar-refractivity contribution in [3.05, 3.63) is 40.0 Å². The van der Waals surface area contributed by atoms with Crippen LogP contribution in [0.2, 0.25) is 0 Å². The van der Waals surface area contributed by atoms with Crippen LogP contribution in [0.5, 0.6) is 0 Å². The maximum atomic E-state index is 12.3. The van der Waals surface area contributed by atoms with Crippen molar-refractivity contribution in [3.63, 3.8) is 0 Å². The molecule has 142 valence electrons. The summed E-state index contributed by atoms with van der Waals surface area (Å²) in [5, 5.41) is 11.7. The third kappa shape index (κ3) is 4.42. The average molecular weight is 405 g/mol. The largest absolute Gasteiger partial charge is 0.452 e. The van der Waals surface area contributed by atoms with Gasteiger partial charge < -0.3 is 10.1 Å². The first-order valence-electron chi connectivity index (χ1n) is 8.34. The van der Waals surface area contributed by atoms with E-state index in [0.29, 0.717) is 17.1 Å². The van der Waals surface area contributed by atoms with Crippen LogP contribution in [0, 0.1) is 13.8 Å². The maximum Gasteiger partial charge on any atom is 0.312 e. The number of carbonyl (C=O) groups excluding carboxylic acids is 2. The smallest absolute Gasteiger partial charge is 0.312 e. The van der Waals surface area contributed by atoms with Crippen molar-refractivity contribution in [2.75, 3.05) is 5.32 Å². The molecule has 27 heavy (non-hydrogen) atoms. The van der Waals surface area contributed by atoms with Gasteiger partial charge in [-0.3, -0.25) is 14.3 Å². The van der Waals surface area contributed by atoms with Crippen LogP contribution < -0.4 is 5.32 Å². The van der Waals surface area contributed by atoms with E-state index >= 15 is 0 Å². The molecular weight excluding hydrogens is 384 g/mol. The first-order valence-corrected chi connectivity index (χ1v) is 10.1. The van der Waals surface area contributed by atoms with Gasteiger partial charge in [-0.15, -0.1) is 22.7 Å². The number of nitrogens with zero attached hydrogens (tertiary/aromatic N) is 3. The molecule has 0 radical (unpaired) electrons. The second-order valence-corrected chi connectivity index (χ2v) is 7.89. The number of rotatable bonds is 6. The third-order valence-corrected chi connectivity index (χ3v) is 5.97. The summed E-state index contributed by atoms with van der Waals surface area (Å²) < 4.78 is 6.95. The van der Waals surface area contributed by atoms with Crippen molar-refractivity contribution in [3.8, 4) is 9.88 Å². The summed E-state index contributed by atoms with van der Waals surface area (Å²) in [7, 11) is 1.81. The molecule has 0 saturated heterocycles. The molecule has 1 amide bonds. The zero-order valence-electron chi connectivity index (χ0n) is 15.5. The fourth-order valence-corrected chi connectivity index (χ4v) is 4.16. The van der Waals surface area contributed by atoms with Gasteiger partial charge in [0.2, 0.25) is 0 Å². The van der Waals surface area contributed by atoms with Gasteiger partial charge in [0.05, 0.1) is 34.1 Å². The first-order chi connectivity index (χ1) is 12.8. The van der Waals surface area contributed by atoms with E-state index in [9.17, 15) is 9.59 Å². The van der Waals surface area contributed by atoms with Gasteiger partial charge >= 0.3 is 5.97 Å². The Morgan fingerprint density at radius 2 is 2.11 bits per heavy atom. The van der Waals surface area contributed by atoms with E-state index in [4.69, 9.17) is 4.74 Å². The number of aromatic nitrogens is 3. The van der Waals surface area contributed by atoms with Crippen LogP contribution in [0.15, 0.2) is 22.9 Å². The lowest BCUT2D eigenvalue weighted by Gasteiger charge is -2.13. The monoisotopic (exact) mass is 404 g/mol. The summed E-state index contributed by atoms with van der Waals surface area (Å²) in [6.45, 7) is 5.22. The minimum absolute atomic E-state index is 0.0322. The molecule has 3 heterocycles. The van der Waals surface area contributed by atoms with Crippen LogP contribution in [0.25, 0.3) is 9.88 Å². The van der Waals surface area contributed by atoms with E-state index in [-0.39, 0.29) is 12.3 Å². The molecule has 0 aliphatic rings.